The maximum absolute atomic E-state index is 10.1. The molecule has 0 spiro atoms. The second-order valence-corrected chi connectivity index (χ2v) is 4.50. The maximum Gasteiger partial charge on any atom is 0.0646 e. The van der Waals surface area contributed by atoms with Crippen LogP contribution in [0.2, 0.25) is 0 Å². The fourth-order valence-corrected chi connectivity index (χ4v) is 2.17. The lowest BCUT2D eigenvalue weighted by Crippen LogP contribution is -2.24. The Balaban J connectivity index is 1.99. The Hall–Kier alpha value is -0.870. The van der Waals surface area contributed by atoms with Crippen molar-refractivity contribution in [3.05, 3.63) is 17.5 Å². The van der Waals surface area contributed by atoms with E-state index in [-0.39, 0.29) is 6.10 Å². The van der Waals surface area contributed by atoms with Gasteiger partial charge in [-0.2, -0.15) is 5.10 Å². The largest absolute Gasteiger partial charge is 0.392 e. The normalized spacial score (nSPS) is 22.6. The first-order valence-electron chi connectivity index (χ1n) is 5.98. The van der Waals surface area contributed by atoms with Crippen molar-refractivity contribution in [3.8, 4) is 0 Å². The summed E-state index contributed by atoms with van der Waals surface area (Å²) in [5.41, 5.74) is 2.20. The summed E-state index contributed by atoms with van der Waals surface area (Å²) in [4.78, 5) is 0. The van der Waals surface area contributed by atoms with Crippen LogP contribution in [0.3, 0.4) is 0 Å². The highest BCUT2D eigenvalue weighted by Crippen LogP contribution is 2.20. The number of nitrogens with zero attached hydrogens (tertiary/aromatic N) is 2. The Labute approximate surface area is 96.2 Å². The van der Waals surface area contributed by atoms with Crippen molar-refractivity contribution in [2.24, 2.45) is 13.0 Å². The van der Waals surface area contributed by atoms with Crippen LogP contribution in [-0.2, 0) is 24.6 Å². The minimum Gasteiger partial charge on any atom is -0.392 e. The van der Waals surface area contributed by atoms with Crippen molar-refractivity contribution in [2.75, 3.05) is 13.2 Å². The van der Waals surface area contributed by atoms with Crippen LogP contribution in [0.15, 0.2) is 6.07 Å². The van der Waals surface area contributed by atoms with Gasteiger partial charge in [0, 0.05) is 31.7 Å². The van der Waals surface area contributed by atoms with Crippen molar-refractivity contribution in [1.82, 2.24) is 9.78 Å². The zero-order valence-corrected chi connectivity index (χ0v) is 10.0. The van der Waals surface area contributed by atoms with E-state index in [9.17, 15) is 5.11 Å². The van der Waals surface area contributed by atoms with Gasteiger partial charge in [0.2, 0.25) is 0 Å². The van der Waals surface area contributed by atoms with Gasteiger partial charge in [0.05, 0.1) is 18.4 Å². The lowest BCUT2D eigenvalue weighted by molar-refractivity contribution is 0.0904. The molecule has 90 valence electrons. The molecule has 0 aliphatic carbocycles. The van der Waals surface area contributed by atoms with Crippen LogP contribution in [-0.4, -0.2) is 34.2 Å². The number of aromatic nitrogens is 2. The molecule has 0 radical (unpaired) electrons. The van der Waals surface area contributed by atoms with Gasteiger partial charge in [0.1, 0.15) is 0 Å². The molecule has 1 saturated heterocycles. The third-order valence-electron chi connectivity index (χ3n) is 3.32. The van der Waals surface area contributed by atoms with E-state index in [1.165, 1.54) is 0 Å². The third kappa shape index (κ3) is 2.44. The quantitative estimate of drug-likeness (QED) is 0.827. The molecule has 1 fully saturated rings. The molecular formula is C12H20N2O2. The van der Waals surface area contributed by atoms with Gasteiger partial charge in [-0.1, -0.05) is 6.92 Å². The second kappa shape index (κ2) is 4.97. The molecule has 1 aromatic rings. The molecule has 0 saturated carbocycles. The molecule has 1 aliphatic heterocycles. The fourth-order valence-electron chi connectivity index (χ4n) is 2.17. The Morgan fingerprint density at radius 3 is 3.06 bits per heavy atom. The van der Waals surface area contributed by atoms with Crippen LogP contribution in [0.25, 0.3) is 0 Å². The standard InChI is InChI=1S/C12H20N2O2/c1-3-10-6-11(14(2)13-10)7-12(15)9-4-5-16-8-9/h6,9,12,15H,3-5,7-8H2,1-2H3. The molecule has 1 aliphatic rings. The zero-order chi connectivity index (χ0) is 11.5. The number of hydrogen-bond donors (Lipinski definition) is 1. The van der Waals surface area contributed by atoms with Crippen molar-refractivity contribution >= 4 is 0 Å². The Morgan fingerprint density at radius 2 is 2.50 bits per heavy atom. The topological polar surface area (TPSA) is 47.3 Å². The molecule has 2 rings (SSSR count). The molecule has 2 heterocycles. The van der Waals surface area contributed by atoms with Gasteiger partial charge < -0.3 is 9.84 Å². The molecule has 2 unspecified atom stereocenters. The molecule has 1 N–H and O–H groups in total. The van der Waals surface area contributed by atoms with Crippen LogP contribution >= 0.6 is 0 Å². The van der Waals surface area contributed by atoms with E-state index in [1.54, 1.807) is 0 Å². The number of aryl methyl sites for hydroxylation is 2. The summed E-state index contributed by atoms with van der Waals surface area (Å²) >= 11 is 0. The summed E-state index contributed by atoms with van der Waals surface area (Å²) in [6, 6.07) is 2.08. The van der Waals surface area contributed by atoms with Gasteiger partial charge >= 0.3 is 0 Å². The van der Waals surface area contributed by atoms with Crippen molar-refractivity contribution in [1.29, 1.82) is 0 Å². The van der Waals surface area contributed by atoms with E-state index >= 15 is 0 Å². The first kappa shape index (κ1) is 11.6. The van der Waals surface area contributed by atoms with Gasteiger partial charge in [-0.25, -0.2) is 0 Å². The van der Waals surface area contributed by atoms with Crippen molar-refractivity contribution in [2.45, 2.75) is 32.3 Å². The fraction of sp³-hybridized carbons (Fsp3) is 0.750. The number of rotatable bonds is 4. The predicted molar refractivity (Wildman–Crippen MR) is 61.2 cm³/mol. The number of aliphatic hydroxyl groups excluding tert-OH is 1. The van der Waals surface area contributed by atoms with Gasteiger partial charge in [-0.3, -0.25) is 4.68 Å². The number of hydrogen-bond acceptors (Lipinski definition) is 3. The minimum absolute atomic E-state index is 0.292. The van der Waals surface area contributed by atoms with E-state index < -0.39 is 0 Å². The molecule has 16 heavy (non-hydrogen) atoms. The summed E-state index contributed by atoms with van der Waals surface area (Å²) in [7, 11) is 1.94. The summed E-state index contributed by atoms with van der Waals surface area (Å²) in [6.45, 7) is 3.57. The van der Waals surface area contributed by atoms with Crippen LogP contribution in [0.4, 0.5) is 0 Å². The van der Waals surface area contributed by atoms with E-state index in [0.717, 1.165) is 30.8 Å². The maximum atomic E-state index is 10.1. The predicted octanol–water partition coefficient (Wildman–Crippen LogP) is 0.922. The molecule has 4 nitrogen and oxygen atoms in total. The smallest absolute Gasteiger partial charge is 0.0646 e. The van der Waals surface area contributed by atoms with Gasteiger partial charge in [0.15, 0.2) is 0 Å². The molecule has 0 bridgehead atoms. The van der Waals surface area contributed by atoms with E-state index in [4.69, 9.17) is 4.74 Å². The minimum atomic E-state index is -0.303. The lowest BCUT2D eigenvalue weighted by Gasteiger charge is -2.15. The first-order valence-corrected chi connectivity index (χ1v) is 5.98. The highest BCUT2D eigenvalue weighted by Gasteiger charge is 2.24. The van der Waals surface area contributed by atoms with Gasteiger partial charge in [0.25, 0.3) is 0 Å². The van der Waals surface area contributed by atoms with Crippen LogP contribution in [0, 0.1) is 5.92 Å². The Bertz CT molecular complexity index is 343. The molecule has 0 amide bonds. The zero-order valence-electron chi connectivity index (χ0n) is 10.0. The molecule has 0 aromatic carbocycles. The summed E-state index contributed by atoms with van der Waals surface area (Å²) < 4.78 is 7.16. The Kier molecular flexibility index (Phi) is 3.61. The van der Waals surface area contributed by atoms with E-state index in [2.05, 4.69) is 18.1 Å². The van der Waals surface area contributed by atoms with E-state index in [1.807, 2.05) is 11.7 Å². The highest BCUT2D eigenvalue weighted by molar-refractivity contribution is 5.11. The van der Waals surface area contributed by atoms with Crippen molar-refractivity contribution < 1.29 is 9.84 Å². The highest BCUT2D eigenvalue weighted by atomic mass is 16.5. The average molecular weight is 224 g/mol. The Morgan fingerprint density at radius 1 is 1.69 bits per heavy atom. The third-order valence-corrected chi connectivity index (χ3v) is 3.32. The van der Waals surface area contributed by atoms with Crippen LogP contribution in [0.5, 0.6) is 0 Å². The average Bonchev–Trinajstić information content (AvgIpc) is 2.88. The van der Waals surface area contributed by atoms with Gasteiger partial charge in [-0.05, 0) is 18.9 Å². The van der Waals surface area contributed by atoms with Gasteiger partial charge in [-0.15, -0.1) is 0 Å². The number of aliphatic hydroxyl groups is 1. The monoisotopic (exact) mass is 224 g/mol. The summed E-state index contributed by atoms with van der Waals surface area (Å²) in [5, 5.41) is 14.5. The summed E-state index contributed by atoms with van der Waals surface area (Å²) in [5.74, 6) is 0.292. The summed E-state index contributed by atoms with van der Waals surface area (Å²) in [6.07, 6.45) is 2.29. The molecule has 2 atom stereocenters. The van der Waals surface area contributed by atoms with Crippen LogP contribution in [0.1, 0.15) is 24.7 Å². The molecule has 1 aromatic heterocycles. The van der Waals surface area contributed by atoms with Crippen molar-refractivity contribution in [3.63, 3.8) is 0 Å². The molecule has 4 heteroatoms. The van der Waals surface area contributed by atoms with E-state index in [0.29, 0.717) is 18.9 Å². The molecular weight excluding hydrogens is 204 g/mol. The lowest BCUT2D eigenvalue weighted by atomic mass is 9.98. The second-order valence-electron chi connectivity index (χ2n) is 4.50. The first-order chi connectivity index (χ1) is 7.70. The SMILES string of the molecule is CCc1cc(CC(O)C2CCOC2)n(C)n1. The number of ether oxygens (including phenoxy) is 1. The van der Waals surface area contributed by atoms with Crippen LogP contribution < -0.4 is 0 Å².